The lowest BCUT2D eigenvalue weighted by Gasteiger charge is -2.30. The Labute approximate surface area is 130 Å². The zero-order valence-electron chi connectivity index (χ0n) is 12.5. The van der Waals surface area contributed by atoms with Crippen molar-refractivity contribution in [3.63, 3.8) is 0 Å². The van der Waals surface area contributed by atoms with Crippen LogP contribution in [0.1, 0.15) is 31.7 Å². The molecule has 1 aromatic carbocycles. The predicted octanol–water partition coefficient (Wildman–Crippen LogP) is 3.42. The minimum Gasteiger partial charge on any atom is -0.496 e. The van der Waals surface area contributed by atoms with Crippen LogP contribution in [0.5, 0.6) is 5.75 Å². The van der Waals surface area contributed by atoms with E-state index in [1.807, 2.05) is 6.07 Å². The van der Waals surface area contributed by atoms with Crippen molar-refractivity contribution < 1.29 is 4.74 Å². The fourth-order valence-electron chi connectivity index (χ4n) is 2.76. The summed E-state index contributed by atoms with van der Waals surface area (Å²) in [5.74, 6) is 0.894. The van der Waals surface area contributed by atoms with Crippen molar-refractivity contribution in [1.29, 1.82) is 0 Å². The number of ether oxygens (including phenoxy) is 1. The molecule has 0 bridgehead atoms. The summed E-state index contributed by atoms with van der Waals surface area (Å²) >= 11 is 3.56. The number of rotatable bonds is 6. The topological polar surface area (TPSA) is 24.5 Å². The number of piperidine rings is 1. The van der Waals surface area contributed by atoms with E-state index in [1.54, 1.807) is 7.11 Å². The average Bonchev–Trinajstić information content (AvgIpc) is 2.48. The van der Waals surface area contributed by atoms with Crippen LogP contribution in [0.2, 0.25) is 0 Å². The van der Waals surface area contributed by atoms with Crippen molar-refractivity contribution in [2.75, 3.05) is 26.7 Å². The summed E-state index contributed by atoms with van der Waals surface area (Å²) in [5.41, 5.74) is 1.33. The lowest BCUT2D eigenvalue weighted by atomic mass is 10.0. The summed E-state index contributed by atoms with van der Waals surface area (Å²) in [7, 11) is 1.70. The van der Waals surface area contributed by atoms with E-state index in [0.717, 1.165) is 29.9 Å². The van der Waals surface area contributed by atoms with Gasteiger partial charge in [-0.1, -0.05) is 19.4 Å². The molecule has 0 saturated carbocycles. The summed E-state index contributed by atoms with van der Waals surface area (Å²) in [6.07, 6.45) is 4.00. The van der Waals surface area contributed by atoms with Gasteiger partial charge in [0.1, 0.15) is 5.75 Å². The van der Waals surface area contributed by atoms with Gasteiger partial charge < -0.3 is 10.1 Å². The molecule has 1 atom stereocenters. The van der Waals surface area contributed by atoms with Crippen LogP contribution in [0, 0.1) is 0 Å². The Balaban J connectivity index is 1.93. The van der Waals surface area contributed by atoms with Crippen LogP contribution in [-0.2, 0) is 6.54 Å². The Kier molecular flexibility index (Phi) is 6.33. The fraction of sp³-hybridized carbons (Fsp3) is 0.625. The Morgan fingerprint density at radius 1 is 1.40 bits per heavy atom. The van der Waals surface area contributed by atoms with Crippen molar-refractivity contribution >= 4 is 15.9 Å². The molecule has 3 nitrogen and oxygen atoms in total. The fourth-order valence-corrected chi connectivity index (χ4v) is 3.35. The molecule has 0 amide bonds. The highest BCUT2D eigenvalue weighted by Crippen LogP contribution is 2.26. The Hall–Kier alpha value is -0.580. The van der Waals surface area contributed by atoms with E-state index in [-0.39, 0.29) is 0 Å². The number of benzene rings is 1. The summed E-state index contributed by atoms with van der Waals surface area (Å²) < 4.78 is 6.31. The Morgan fingerprint density at radius 2 is 2.25 bits per heavy atom. The maximum absolute atomic E-state index is 5.28. The quantitative estimate of drug-likeness (QED) is 0.858. The molecule has 1 aliphatic heterocycles. The predicted molar refractivity (Wildman–Crippen MR) is 87.3 cm³/mol. The zero-order valence-corrected chi connectivity index (χ0v) is 14.1. The van der Waals surface area contributed by atoms with Gasteiger partial charge in [-0.3, -0.25) is 4.90 Å². The van der Waals surface area contributed by atoms with E-state index >= 15 is 0 Å². The van der Waals surface area contributed by atoms with E-state index in [2.05, 4.69) is 45.2 Å². The molecule has 20 heavy (non-hydrogen) atoms. The lowest BCUT2D eigenvalue weighted by Crippen LogP contribution is -2.43. The first-order chi connectivity index (χ1) is 9.72. The number of hydrogen-bond acceptors (Lipinski definition) is 3. The Morgan fingerprint density at radius 3 is 2.85 bits per heavy atom. The van der Waals surface area contributed by atoms with Gasteiger partial charge >= 0.3 is 0 Å². The van der Waals surface area contributed by atoms with Gasteiger partial charge in [0.25, 0.3) is 0 Å². The van der Waals surface area contributed by atoms with E-state index in [0.29, 0.717) is 6.04 Å². The van der Waals surface area contributed by atoms with Crippen LogP contribution < -0.4 is 10.1 Å². The standard InChI is InChI=1S/C16H25BrN2O/c1-3-19(12-14-6-4-5-9-18-14)11-13-7-8-16(20-2)15(17)10-13/h7-8,10,14,18H,3-6,9,11-12H2,1-2H3. The van der Waals surface area contributed by atoms with Gasteiger partial charge in [-0.05, 0) is 59.6 Å². The first kappa shape index (κ1) is 15.8. The number of halogens is 1. The van der Waals surface area contributed by atoms with Crippen LogP contribution >= 0.6 is 15.9 Å². The van der Waals surface area contributed by atoms with Crippen LogP contribution in [0.3, 0.4) is 0 Å². The second-order valence-electron chi connectivity index (χ2n) is 5.44. The monoisotopic (exact) mass is 340 g/mol. The summed E-state index contributed by atoms with van der Waals surface area (Å²) in [6.45, 7) is 6.64. The molecule has 0 aromatic heterocycles. The normalized spacial score (nSPS) is 19.3. The van der Waals surface area contributed by atoms with Gasteiger partial charge in [0.2, 0.25) is 0 Å². The number of hydrogen-bond donors (Lipinski definition) is 1. The minimum absolute atomic E-state index is 0.658. The van der Waals surface area contributed by atoms with Crippen LogP contribution in [0.15, 0.2) is 22.7 Å². The first-order valence-corrected chi connectivity index (χ1v) is 8.30. The second kappa shape index (κ2) is 8.01. The highest BCUT2D eigenvalue weighted by Gasteiger charge is 2.16. The molecule has 1 aromatic rings. The molecule has 0 aliphatic carbocycles. The summed E-state index contributed by atoms with van der Waals surface area (Å²) in [4.78, 5) is 2.51. The molecule has 1 unspecified atom stereocenters. The molecule has 2 rings (SSSR count). The molecule has 0 spiro atoms. The molecule has 112 valence electrons. The maximum atomic E-state index is 5.28. The average molecular weight is 341 g/mol. The number of likely N-dealkylation sites (N-methyl/N-ethyl adjacent to an activating group) is 1. The van der Waals surface area contributed by atoms with Crippen LogP contribution in [0.25, 0.3) is 0 Å². The number of nitrogens with zero attached hydrogens (tertiary/aromatic N) is 1. The number of methoxy groups -OCH3 is 1. The van der Waals surface area contributed by atoms with Gasteiger partial charge in [-0.25, -0.2) is 0 Å². The summed E-state index contributed by atoms with van der Waals surface area (Å²) in [6, 6.07) is 7.01. The Bertz CT molecular complexity index is 419. The zero-order chi connectivity index (χ0) is 14.4. The van der Waals surface area contributed by atoms with Crippen molar-refractivity contribution in [3.05, 3.63) is 28.2 Å². The van der Waals surface area contributed by atoms with Gasteiger partial charge in [0.05, 0.1) is 11.6 Å². The van der Waals surface area contributed by atoms with Gasteiger partial charge in [-0.15, -0.1) is 0 Å². The highest BCUT2D eigenvalue weighted by molar-refractivity contribution is 9.10. The molecule has 1 fully saturated rings. The molecule has 1 heterocycles. The minimum atomic E-state index is 0.658. The molecule has 4 heteroatoms. The third-order valence-electron chi connectivity index (χ3n) is 3.96. The second-order valence-corrected chi connectivity index (χ2v) is 6.30. The van der Waals surface area contributed by atoms with E-state index < -0.39 is 0 Å². The SMILES string of the molecule is CCN(Cc1ccc(OC)c(Br)c1)CC1CCCCN1. The van der Waals surface area contributed by atoms with E-state index in [4.69, 9.17) is 4.74 Å². The third kappa shape index (κ3) is 4.47. The smallest absolute Gasteiger partial charge is 0.133 e. The van der Waals surface area contributed by atoms with Gasteiger partial charge in [-0.2, -0.15) is 0 Å². The van der Waals surface area contributed by atoms with Crippen molar-refractivity contribution in [2.45, 2.75) is 38.8 Å². The molecule has 1 saturated heterocycles. The van der Waals surface area contributed by atoms with E-state index in [9.17, 15) is 0 Å². The van der Waals surface area contributed by atoms with Crippen molar-refractivity contribution in [1.82, 2.24) is 10.2 Å². The maximum Gasteiger partial charge on any atom is 0.133 e. The van der Waals surface area contributed by atoms with E-state index in [1.165, 1.54) is 31.4 Å². The largest absolute Gasteiger partial charge is 0.496 e. The van der Waals surface area contributed by atoms with Crippen LogP contribution in [0.4, 0.5) is 0 Å². The van der Waals surface area contributed by atoms with Gasteiger partial charge in [0, 0.05) is 19.1 Å². The van der Waals surface area contributed by atoms with Gasteiger partial charge in [0.15, 0.2) is 0 Å². The molecule has 0 radical (unpaired) electrons. The highest BCUT2D eigenvalue weighted by atomic mass is 79.9. The lowest BCUT2D eigenvalue weighted by molar-refractivity contribution is 0.226. The van der Waals surface area contributed by atoms with Crippen LogP contribution in [-0.4, -0.2) is 37.7 Å². The summed E-state index contributed by atoms with van der Waals surface area (Å²) in [5, 5.41) is 3.63. The molecule has 1 N–H and O–H groups in total. The molecule has 1 aliphatic rings. The third-order valence-corrected chi connectivity index (χ3v) is 4.58. The first-order valence-electron chi connectivity index (χ1n) is 7.51. The van der Waals surface area contributed by atoms with Crippen molar-refractivity contribution in [2.24, 2.45) is 0 Å². The molecular formula is C16H25BrN2O. The molecular weight excluding hydrogens is 316 g/mol. The van der Waals surface area contributed by atoms with Crippen molar-refractivity contribution in [3.8, 4) is 5.75 Å². The number of nitrogens with one attached hydrogen (secondary N) is 1.